The average molecular weight is 278 g/mol. The Morgan fingerprint density at radius 3 is 3.10 bits per heavy atom. The van der Waals surface area contributed by atoms with Gasteiger partial charge in [0.25, 0.3) is 0 Å². The largest absolute Gasteiger partial charge is 0.467 e. The van der Waals surface area contributed by atoms with Crippen molar-refractivity contribution in [1.82, 2.24) is 4.90 Å². The Balaban J connectivity index is 1.78. The van der Waals surface area contributed by atoms with E-state index < -0.39 is 0 Å². The molecule has 20 heavy (non-hydrogen) atoms. The maximum atomic E-state index is 10.0. The number of nitrogens with two attached hydrogens (primary N) is 1. The van der Waals surface area contributed by atoms with Crippen molar-refractivity contribution >= 4 is 5.69 Å². The van der Waals surface area contributed by atoms with Gasteiger partial charge < -0.3 is 20.3 Å². The van der Waals surface area contributed by atoms with Crippen LogP contribution in [-0.2, 0) is 17.9 Å². The Labute approximate surface area is 119 Å². The molecule has 1 fully saturated rings. The van der Waals surface area contributed by atoms with Gasteiger partial charge in [-0.3, -0.25) is 4.90 Å². The second-order valence-electron chi connectivity index (χ2n) is 5.85. The number of fused-ring (bicyclic) bond motifs is 1. The van der Waals surface area contributed by atoms with Crippen LogP contribution in [0.4, 0.5) is 5.69 Å². The van der Waals surface area contributed by atoms with Crippen LogP contribution in [0.15, 0.2) is 12.1 Å². The third kappa shape index (κ3) is 2.75. The predicted octanol–water partition coefficient (Wildman–Crippen LogP) is 1.34. The highest BCUT2D eigenvalue weighted by Gasteiger charge is 2.25. The fraction of sp³-hybridized carbons (Fsp3) is 0.600. The summed E-state index contributed by atoms with van der Waals surface area (Å²) < 4.78 is 10.9. The number of ether oxygens (including phenoxy) is 2. The molecule has 5 nitrogen and oxygen atoms in total. The molecule has 0 spiro atoms. The van der Waals surface area contributed by atoms with Gasteiger partial charge in [-0.2, -0.15) is 0 Å². The number of nitrogen functional groups attached to an aromatic ring is 1. The van der Waals surface area contributed by atoms with E-state index in [1.807, 2.05) is 12.1 Å². The molecule has 2 unspecified atom stereocenters. The van der Waals surface area contributed by atoms with Gasteiger partial charge in [0.2, 0.25) is 0 Å². The molecule has 0 aliphatic carbocycles. The summed E-state index contributed by atoms with van der Waals surface area (Å²) in [7, 11) is 0. The molecule has 2 aliphatic heterocycles. The van der Waals surface area contributed by atoms with Crippen molar-refractivity contribution < 1.29 is 14.6 Å². The van der Waals surface area contributed by atoms with Gasteiger partial charge >= 0.3 is 0 Å². The van der Waals surface area contributed by atoms with Crippen LogP contribution in [0.2, 0.25) is 0 Å². The van der Waals surface area contributed by atoms with Crippen LogP contribution in [0.3, 0.4) is 0 Å². The molecule has 2 heterocycles. The molecule has 1 aromatic rings. The molecule has 0 amide bonds. The SMILES string of the molecule is CC1CCN(Cc2cc(N)cc3c2OCOC3)CC1O. The van der Waals surface area contributed by atoms with E-state index in [9.17, 15) is 5.11 Å². The van der Waals surface area contributed by atoms with Gasteiger partial charge in [0, 0.05) is 29.9 Å². The first kappa shape index (κ1) is 13.7. The summed E-state index contributed by atoms with van der Waals surface area (Å²) in [6.07, 6.45) is 0.778. The second-order valence-corrected chi connectivity index (χ2v) is 5.85. The Morgan fingerprint density at radius 1 is 1.45 bits per heavy atom. The Bertz CT molecular complexity index is 492. The van der Waals surface area contributed by atoms with E-state index >= 15 is 0 Å². The van der Waals surface area contributed by atoms with Crippen LogP contribution in [0.25, 0.3) is 0 Å². The first-order chi connectivity index (χ1) is 9.63. The maximum absolute atomic E-state index is 10.0. The minimum Gasteiger partial charge on any atom is -0.467 e. The average Bonchev–Trinajstić information content (AvgIpc) is 2.43. The van der Waals surface area contributed by atoms with Crippen LogP contribution in [0, 0.1) is 5.92 Å². The number of aliphatic hydroxyl groups is 1. The zero-order chi connectivity index (χ0) is 14.1. The lowest BCUT2D eigenvalue weighted by molar-refractivity contribution is -0.0183. The normalized spacial score (nSPS) is 26.9. The standard InChI is InChI=1S/C15H22N2O3/c1-10-2-3-17(7-14(10)18)6-11-4-13(16)5-12-8-19-9-20-15(11)12/h4-5,10,14,18H,2-3,6-9,16H2,1H3. The monoisotopic (exact) mass is 278 g/mol. The van der Waals surface area contributed by atoms with Crippen LogP contribution >= 0.6 is 0 Å². The summed E-state index contributed by atoms with van der Waals surface area (Å²) >= 11 is 0. The molecule has 1 saturated heterocycles. The smallest absolute Gasteiger partial charge is 0.189 e. The molecular weight excluding hydrogens is 256 g/mol. The lowest BCUT2D eigenvalue weighted by atomic mass is 9.95. The van der Waals surface area contributed by atoms with Gasteiger partial charge in [-0.15, -0.1) is 0 Å². The van der Waals surface area contributed by atoms with Gasteiger partial charge in [-0.25, -0.2) is 0 Å². The van der Waals surface area contributed by atoms with Crippen molar-refractivity contribution in [3.8, 4) is 5.75 Å². The van der Waals surface area contributed by atoms with E-state index in [-0.39, 0.29) is 6.10 Å². The minimum atomic E-state index is -0.245. The van der Waals surface area contributed by atoms with E-state index in [1.54, 1.807) is 0 Å². The summed E-state index contributed by atoms with van der Waals surface area (Å²) in [6, 6.07) is 3.87. The number of β-amino-alcohol motifs (C(OH)–C–C–N with tert-alkyl or cyclic N) is 1. The molecular formula is C15H22N2O3. The van der Waals surface area contributed by atoms with E-state index in [4.69, 9.17) is 15.2 Å². The number of hydrogen-bond donors (Lipinski definition) is 2. The van der Waals surface area contributed by atoms with Crippen LogP contribution in [0.5, 0.6) is 5.75 Å². The highest BCUT2D eigenvalue weighted by molar-refractivity contribution is 5.53. The molecule has 2 atom stereocenters. The molecule has 0 bridgehead atoms. The van der Waals surface area contributed by atoms with Crippen LogP contribution in [0.1, 0.15) is 24.5 Å². The summed E-state index contributed by atoms with van der Waals surface area (Å²) in [5.74, 6) is 1.28. The Morgan fingerprint density at radius 2 is 2.30 bits per heavy atom. The molecule has 3 N–H and O–H groups in total. The third-order valence-electron chi connectivity index (χ3n) is 4.21. The topological polar surface area (TPSA) is 68.0 Å². The van der Waals surface area contributed by atoms with Crippen LogP contribution in [-0.4, -0.2) is 36.0 Å². The number of anilines is 1. The highest BCUT2D eigenvalue weighted by Crippen LogP contribution is 2.32. The zero-order valence-electron chi connectivity index (χ0n) is 11.8. The van der Waals surface area contributed by atoms with Crippen molar-refractivity contribution in [2.24, 2.45) is 5.92 Å². The number of rotatable bonds is 2. The van der Waals surface area contributed by atoms with Gasteiger partial charge in [-0.05, 0) is 31.0 Å². The van der Waals surface area contributed by atoms with E-state index in [2.05, 4.69) is 11.8 Å². The van der Waals surface area contributed by atoms with Crippen molar-refractivity contribution in [2.45, 2.75) is 32.6 Å². The first-order valence-electron chi connectivity index (χ1n) is 7.15. The highest BCUT2D eigenvalue weighted by atomic mass is 16.7. The number of hydrogen-bond acceptors (Lipinski definition) is 5. The van der Waals surface area contributed by atoms with Crippen molar-refractivity contribution in [1.29, 1.82) is 0 Å². The van der Waals surface area contributed by atoms with Gasteiger partial charge in [-0.1, -0.05) is 6.92 Å². The van der Waals surface area contributed by atoms with E-state index in [1.165, 1.54) is 0 Å². The summed E-state index contributed by atoms with van der Waals surface area (Å²) in [4.78, 5) is 2.26. The van der Waals surface area contributed by atoms with Crippen molar-refractivity contribution in [2.75, 3.05) is 25.6 Å². The quantitative estimate of drug-likeness (QED) is 0.799. The lowest BCUT2D eigenvalue weighted by Crippen LogP contribution is -2.42. The summed E-state index contributed by atoms with van der Waals surface area (Å²) in [5.41, 5.74) is 8.79. The fourth-order valence-electron chi connectivity index (χ4n) is 2.94. The van der Waals surface area contributed by atoms with Crippen molar-refractivity contribution in [3.63, 3.8) is 0 Å². The molecule has 5 heteroatoms. The zero-order valence-corrected chi connectivity index (χ0v) is 11.8. The lowest BCUT2D eigenvalue weighted by Gasteiger charge is -2.35. The number of nitrogens with zero attached hydrogens (tertiary/aromatic N) is 1. The molecule has 1 aromatic carbocycles. The molecule has 0 radical (unpaired) electrons. The third-order valence-corrected chi connectivity index (χ3v) is 4.21. The minimum absolute atomic E-state index is 0.245. The molecule has 2 aliphatic rings. The molecule has 0 aromatic heterocycles. The summed E-state index contributed by atoms with van der Waals surface area (Å²) in [5, 5.41) is 10.0. The summed E-state index contributed by atoms with van der Waals surface area (Å²) in [6.45, 7) is 5.41. The Kier molecular flexibility index (Phi) is 3.83. The molecule has 3 rings (SSSR count). The second kappa shape index (κ2) is 5.60. The van der Waals surface area contributed by atoms with Crippen molar-refractivity contribution in [3.05, 3.63) is 23.3 Å². The van der Waals surface area contributed by atoms with Gasteiger partial charge in [0.15, 0.2) is 6.79 Å². The number of piperidine rings is 1. The van der Waals surface area contributed by atoms with E-state index in [0.29, 0.717) is 25.9 Å². The number of benzene rings is 1. The van der Waals surface area contributed by atoms with Crippen LogP contribution < -0.4 is 10.5 Å². The number of likely N-dealkylation sites (tertiary alicyclic amines) is 1. The maximum Gasteiger partial charge on any atom is 0.189 e. The molecule has 110 valence electrons. The van der Waals surface area contributed by atoms with E-state index in [0.717, 1.165) is 42.1 Å². The first-order valence-corrected chi connectivity index (χ1v) is 7.15. The van der Waals surface area contributed by atoms with Gasteiger partial charge in [0.05, 0.1) is 12.7 Å². The predicted molar refractivity (Wildman–Crippen MR) is 76.2 cm³/mol. The van der Waals surface area contributed by atoms with Gasteiger partial charge in [0.1, 0.15) is 5.75 Å². The number of aliphatic hydroxyl groups excluding tert-OH is 1. The fourth-order valence-corrected chi connectivity index (χ4v) is 2.94. The molecule has 0 saturated carbocycles. The Hall–Kier alpha value is -1.30.